The molecular weight excluding hydrogens is 634 g/mol. The number of esters is 1. The third-order valence-corrected chi connectivity index (χ3v) is 7.96. The van der Waals surface area contributed by atoms with Gasteiger partial charge in [-0.1, -0.05) is 42.5 Å². The highest BCUT2D eigenvalue weighted by Crippen LogP contribution is 2.45. The first-order chi connectivity index (χ1) is 15.1. The number of hydrogen-bond acceptors (Lipinski definition) is 4. The number of carbonyl (C=O) groups excluding carboxylic acids is 1. The molecule has 5 rings (SSSR count). The Balaban J connectivity index is 1.78. The van der Waals surface area contributed by atoms with Gasteiger partial charge in [-0.05, 0) is 91.3 Å². The van der Waals surface area contributed by atoms with Crippen molar-refractivity contribution in [2.45, 2.75) is 0 Å². The van der Waals surface area contributed by atoms with Gasteiger partial charge in [0.25, 0.3) is 0 Å². The molecule has 0 saturated carbocycles. The van der Waals surface area contributed by atoms with Crippen molar-refractivity contribution in [3.63, 3.8) is 0 Å². The van der Waals surface area contributed by atoms with Gasteiger partial charge in [0.15, 0.2) is 6.61 Å². The molecule has 0 spiro atoms. The largest absolute Gasteiger partial charge is 0.480 e. The van der Waals surface area contributed by atoms with E-state index in [1.54, 1.807) is 0 Å². The lowest BCUT2D eigenvalue weighted by Crippen LogP contribution is -2.13. The summed E-state index contributed by atoms with van der Waals surface area (Å²) in [5.41, 5.74) is 2.38. The Morgan fingerprint density at radius 2 is 1.58 bits per heavy atom. The SMILES string of the molecule is COC(=O)COc1c(I)cc(-c2c3ccccc3cc3sc4ccccc4c23)cc1I. The number of hydrogen-bond donors (Lipinski definition) is 0. The maximum atomic E-state index is 11.5. The van der Waals surface area contributed by atoms with Crippen LogP contribution in [0.4, 0.5) is 0 Å². The van der Waals surface area contributed by atoms with Crippen molar-refractivity contribution in [3.05, 3.63) is 73.9 Å². The summed E-state index contributed by atoms with van der Waals surface area (Å²) in [6.45, 7) is -0.102. The number of fused-ring (bicyclic) bond motifs is 4. The number of benzene rings is 4. The molecule has 0 radical (unpaired) electrons. The van der Waals surface area contributed by atoms with Crippen LogP contribution < -0.4 is 4.74 Å². The number of methoxy groups -OCH3 is 1. The molecule has 154 valence electrons. The fourth-order valence-electron chi connectivity index (χ4n) is 3.88. The summed E-state index contributed by atoms with van der Waals surface area (Å²) >= 11 is 6.39. The van der Waals surface area contributed by atoms with Gasteiger partial charge in [0, 0.05) is 20.2 Å². The second-order valence-corrected chi connectivity index (χ2v) is 10.5. The molecule has 3 nitrogen and oxygen atoms in total. The summed E-state index contributed by atoms with van der Waals surface area (Å²) in [4.78, 5) is 11.5. The summed E-state index contributed by atoms with van der Waals surface area (Å²) in [5.74, 6) is 0.318. The van der Waals surface area contributed by atoms with Crippen LogP contribution in [0.2, 0.25) is 0 Å². The first kappa shape index (κ1) is 21.0. The average Bonchev–Trinajstić information content (AvgIpc) is 3.14. The van der Waals surface area contributed by atoms with Crippen LogP contribution in [0.3, 0.4) is 0 Å². The lowest BCUT2D eigenvalue weighted by molar-refractivity contribution is -0.142. The molecule has 0 amide bonds. The molecule has 4 aromatic carbocycles. The summed E-state index contributed by atoms with van der Waals surface area (Å²) in [7, 11) is 1.36. The van der Waals surface area contributed by atoms with E-state index in [1.165, 1.54) is 43.6 Å². The van der Waals surface area contributed by atoms with Crippen molar-refractivity contribution in [1.82, 2.24) is 0 Å². The fourth-order valence-corrected chi connectivity index (χ4v) is 7.13. The number of carbonyl (C=O) groups is 1. The van der Waals surface area contributed by atoms with E-state index in [9.17, 15) is 4.79 Å². The van der Waals surface area contributed by atoms with Gasteiger partial charge in [0.1, 0.15) is 5.75 Å². The molecule has 1 aromatic heterocycles. The van der Waals surface area contributed by atoms with Crippen molar-refractivity contribution >= 4 is 93.4 Å². The highest BCUT2D eigenvalue weighted by Gasteiger charge is 2.18. The van der Waals surface area contributed by atoms with E-state index in [-0.39, 0.29) is 6.61 Å². The first-order valence-electron chi connectivity index (χ1n) is 9.59. The molecule has 0 bridgehead atoms. The third kappa shape index (κ3) is 3.78. The monoisotopic (exact) mass is 650 g/mol. The molecule has 0 fully saturated rings. The zero-order valence-electron chi connectivity index (χ0n) is 16.4. The molecule has 6 heteroatoms. The van der Waals surface area contributed by atoms with Gasteiger partial charge in [-0.3, -0.25) is 0 Å². The van der Waals surface area contributed by atoms with Gasteiger partial charge in [-0.25, -0.2) is 4.79 Å². The smallest absolute Gasteiger partial charge is 0.343 e. The molecule has 0 N–H and O–H groups in total. The first-order valence-corrected chi connectivity index (χ1v) is 12.6. The maximum absolute atomic E-state index is 11.5. The Morgan fingerprint density at radius 3 is 2.32 bits per heavy atom. The molecule has 0 saturated heterocycles. The van der Waals surface area contributed by atoms with Gasteiger partial charge in [0.2, 0.25) is 0 Å². The standard InChI is InChI=1S/C25H16I2O3S/c1-29-22(28)13-30-25-18(26)10-15(11-19(25)27)23-16-7-3-2-6-14(16)12-21-24(23)17-8-4-5-9-20(17)31-21/h2-12H,13H2,1H3. The molecule has 5 aromatic rings. The molecular formula is C25H16I2O3S. The normalized spacial score (nSPS) is 11.3. The minimum Gasteiger partial charge on any atom is -0.480 e. The highest BCUT2D eigenvalue weighted by molar-refractivity contribution is 14.1. The number of thiophene rings is 1. The summed E-state index contributed by atoms with van der Waals surface area (Å²) in [6.07, 6.45) is 0. The second-order valence-electron chi connectivity index (χ2n) is 7.08. The second kappa shape index (κ2) is 8.55. The fraction of sp³-hybridized carbons (Fsp3) is 0.0800. The van der Waals surface area contributed by atoms with Crippen LogP contribution in [-0.2, 0) is 9.53 Å². The number of ether oxygens (including phenoxy) is 2. The van der Waals surface area contributed by atoms with E-state index in [0.29, 0.717) is 5.75 Å². The molecule has 0 unspecified atom stereocenters. The van der Waals surface area contributed by atoms with Crippen LogP contribution in [0.15, 0.2) is 66.7 Å². The molecule has 1 heterocycles. The summed E-state index contributed by atoms with van der Waals surface area (Å²) < 4.78 is 15.0. The van der Waals surface area contributed by atoms with Crippen LogP contribution >= 0.6 is 56.5 Å². The van der Waals surface area contributed by atoms with Crippen LogP contribution in [0.5, 0.6) is 5.75 Å². The molecule has 31 heavy (non-hydrogen) atoms. The summed E-state index contributed by atoms with van der Waals surface area (Å²) in [6, 6.07) is 23.7. The number of rotatable bonds is 4. The van der Waals surface area contributed by atoms with Gasteiger partial charge in [-0.15, -0.1) is 11.3 Å². The predicted molar refractivity (Wildman–Crippen MR) is 145 cm³/mol. The summed E-state index contributed by atoms with van der Waals surface area (Å²) in [5, 5.41) is 5.02. The molecule has 0 aliphatic carbocycles. The topological polar surface area (TPSA) is 35.5 Å². The van der Waals surface area contributed by atoms with E-state index < -0.39 is 5.97 Å². The third-order valence-electron chi connectivity index (χ3n) is 5.24. The van der Waals surface area contributed by atoms with Crippen molar-refractivity contribution in [1.29, 1.82) is 0 Å². The Bertz CT molecular complexity index is 1450. The van der Waals surface area contributed by atoms with E-state index in [1.807, 2.05) is 11.3 Å². The van der Waals surface area contributed by atoms with E-state index in [4.69, 9.17) is 9.47 Å². The van der Waals surface area contributed by atoms with Crippen molar-refractivity contribution < 1.29 is 14.3 Å². The Morgan fingerprint density at radius 1 is 0.903 bits per heavy atom. The minimum atomic E-state index is -0.392. The minimum absolute atomic E-state index is 0.102. The van der Waals surface area contributed by atoms with Crippen LogP contribution in [-0.4, -0.2) is 19.7 Å². The van der Waals surface area contributed by atoms with E-state index >= 15 is 0 Å². The van der Waals surface area contributed by atoms with Crippen LogP contribution in [0.1, 0.15) is 0 Å². The zero-order valence-corrected chi connectivity index (χ0v) is 21.6. The highest BCUT2D eigenvalue weighted by atomic mass is 127. The lowest BCUT2D eigenvalue weighted by Gasteiger charge is -2.14. The Hall–Kier alpha value is -1.91. The van der Waals surface area contributed by atoms with Gasteiger partial charge in [-0.2, -0.15) is 0 Å². The molecule has 0 aliphatic heterocycles. The van der Waals surface area contributed by atoms with Crippen molar-refractivity contribution in [2.75, 3.05) is 13.7 Å². The lowest BCUT2D eigenvalue weighted by atomic mass is 9.93. The predicted octanol–water partition coefficient (Wildman–Crippen LogP) is 7.64. The van der Waals surface area contributed by atoms with Gasteiger partial charge >= 0.3 is 5.97 Å². The van der Waals surface area contributed by atoms with E-state index in [2.05, 4.69) is 112 Å². The molecule has 0 atom stereocenters. The quantitative estimate of drug-likeness (QED) is 0.148. The van der Waals surface area contributed by atoms with Gasteiger partial charge < -0.3 is 9.47 Å². The maximum Gasteiger partial charge on any atom is 0.343 e. The molecule has 0 aliphatic rings. The van der Waals surface area contributed by atoms with E-state index in [0.717, 1.165) is 12.7 Å². The number of halogens is 2. The van der Waals surface area contributed by atoms with Crippen LogP contribution in [0.25, 0.3) is 42.1 Å². The van der Waals surface area contributed by atoms with Gasteiger partial charge in [0.05, 0.1) is 14.3 Å². The average molecular weight is 650 g/mol. The Labute approximate surface area is 210 Å². The zero-order chi connectivity index (χ0) is 21.5. The Kier molecular flexibility index (Phi) is 5.78. The van der Waals surface area contributed by atoms with Crippen molar-refractivity contribution in [3.8, 4) is 16.9 Å². The van der Waals surface area contributed by atoms with Crippen molar-refractivity contribution in [2.24, 2.45) is 0 Å². The van der Waals surface area contributed by atoms with Crippen LogP contribution in [0, 0.1) is 7.14 Å².